The predicted octanol–water partition coefficient (Wildman–Crippen LogP) is 2.39. The van der Waals surface area contributed by atoms with Gasteiger partial charge < -0.3 is 5.73 Å². The van der Waals surface area contributed by atoms with E-state index in [1.54, 1.807) is 12.1 Å². The van der Waals surface area contributed by atoms with Gasteiger partial charge in [-0.15, -0.1) is 0 Å². The molecule has 0 unspecified atom stereocenters. The Morgan fingerprint density at radius 3 is 2.25 bits per heavy atom. The van der Waals surface area contributed by atoms with Gasteiger partial charge in [-0.1, -0.05) is 11.6 Å². The van der Waals surface area contributed by atoms with Gasteiger partial charge in [-0.2, -0.15) is 0 Å². The predicted molar refractivity (Wildman–Crippen MR) is 64.2 cm³/mol. The summed E-state index contributed by atoms with van der Waals surface area (Å²) in [7, 11) is 0. The Morgan fingerprint density at radius 2 is 1.69 bits per heavy atom. The SMILES string of the molecule is Cc1nc(C)nc(-c2ccc(N)cc2Cl)n1. The average Bonchev–Trinajstić information content (AvgIpc) is 2.15. The molecule has 82 valence electrons. The molecule has 0 atom stereocenters. The van der Waals surface area contributed by atoms with Gasteiger partial charge in [-0.3, -0.25) is 0 Å². The molecule has 0 aliphatic carbocycles. The second kappa shape index (κ2) is 4.06. The number of nitrogens with two attached hydrogens (primary N) is 1. The van der Waals surface area contributed by atoms with Crippen LogP contribution >= 0.6 is 11.6 Å². The summed E-state index contributed by atoms with van der Waals surface area (Å²) in [4.78, 5) is 12.6. The zero-order valence-electron chi connectivity index (χ0n) is 9.03. The Hall–Kier alpha value is -1.68. The van der Waals surface area contributed by atoms with Gasteiger partial charge in [0.15, 0.2) is 5.82 Å². The quantitative estimate of drug-likeness (QED) is 0.770. The molecular weight excluding hydrogens is 224 g/mol. The molecule has 1 aromatic heterocycles. The van der Waals surface area contributed by atoms with Crippen LogP contribution in [0, 0.1) is 13.8 Å². The number of aryl methyl sites for hydroxylation is 2. The van der Waals surface area contributed by atoms with Crippen LogP contribution in [0.3, 0.4) is 0 Å². The number of aromatic nitrogens is 3. The van der Waals surface area contributed by atoms with Crippen molar-refractivity contribution in [3.63, 3.8) is 0 Å². The third-order valence-corrected chi connectivity index (χ3v) is 2.41. The van der Waals surface area contributed by atoms with E-state index in [1.165, 1.54) is 0 Å². The van der Waals surface area contributed by atoms with Gasteiger partial charge in [0.2, 0.25) is 0 Å². The highest BCUT2D eigenvalue weighted by Crippen LogP contribution is 2.26. The molecular formula is C11H11ClN4. The van der Waals surface area contributed by atoms with Gasteiger partial charge in [0.05, 0.1) is 5.02 Å². The number of benzene rings is 1. The minimum atomic E-state index is 0.546. The van der Waals surface area contributed by atoms with Gasteiger partial charge >= 0.3 is 0 Å². The Bertz CT molecular complexity index is 519. The molecule has 0 saturated heterocycles. The van der Waals surface area contributed by atoms with Crippen molar-refractivity contribution in [1.82, 2.24) is 15.0 Å². The standard InChI is InChI=1S/C11H11ClN4/c1-6-14-7(2)16-11(15-6)9-4-3-8(13)5-10(9)12/h3-5H,13H2,1-2H3. The average molecular weight is 235 g/mol. The number of hydrogen-bond donors (Lipinski definition) is 1. The second-order valence-corrected chi connectivity index (χ2v) is 3.90. The van der Waals surface area contributed by atoms with E-state index >= 15 is 0 Å². The maximum absolute atomic E-state index is 6.09. The minimum Gasteiger partial charge on any atom is -0.399 e. The lowest BCUT2D eigenvalue weighted by atomic mass is 10.2. The van der Waals surface area contributed by atoms with Crippen LogP contribution in [-0.2, 0) is 0 Å². The van der Waals surface area contributed by atoms with E-state index < -0.39 is 0 Å². The topological polar surface area (TPSA) is 64.7 Å². The van der Waals surface area contributed by atoms with Crippen LogP contribution in [0.4, 0.5) is 5.69 Å². The summed E-state index contributed by atoms with van der Waals surface area (Å²) in [6, 6.07) is 5.27. The highest BCUT2D eigenvalue weighted by atomic mass is 35.5. The Balaban J connectivity index is 2.58. The molecule has 0 spiro atoms. The van der Waals surface area contributed by atoms with Crippen LogP contribution in [0.25, 0.3) is 11.4 Å². The number of rotatable bonds is 1. The van der Waals surface area contributed by atoms with E-state index in [2.05, 4.69) is 15.0 Å². The van der Waals surface area contributed by atoms with Crippen LogP contribution in [0.2, 0.25) is 5.02 Å². The Morgan fingerprint density at radius 1 is 1.06 bits per heavy atom. The van der Waals surface area contributed by atoms with E-state index in [9.17, 15) is 0 Å². The lowest BCUT2D eigenvalue weighted by molar-refractivity contribution is 0.928. The zero-order chi connectivity index (χ0) is 11.7. The first kappa shape index (κ1) is 10.8. The number of nitrogens with zero attached hydrogens (tertiary/aromatic N) is 3. The maximum atomic E-state index is 6.09. The molecule has 2 N–H and O–H groups in total. The van der Waals surface area contributed by atoms with Crippen molar-refractivity contribution in [2.24, 2.45) is 0 Å². The van der Waals surface area contributed by atoms with Crippen molar-refractivity contribution in [3.8, 4) is 11.4 Å². The molecule has 4 nitrogen and oxygen atoms in total. The molecule has 16 heavy (non-hydrogen) atoms. The highest BCUT2D eigenvalue weighted by Gasteiger charge is 2.08. The van der Waals surface area contributed by atoms with E-state index in [4.69, 9.17) is 17.3 Å². The molecule has 0 saturated carbocycles. The third kappa shape index (κ3) is 2.12. The summed E-state index contributed by atoms with van der Waals surface area (Å²) in [6.45, 7) is 3.65. The van der Waals surface area contributed by atoms with Crippen LogP contribution in [0.1, 0.15) is 11.6 Å². The van der Waals surface area contributed by atoms with E-state index in [0.717, 1.165) is 5.56 Å². The van der Waals surface area contributed by atoms with Crippen molar-refractivity contribution < 1.29 is 0 Å². The lowest BCUT2D eigenvalue weighted by Crippen LogP contribution is -1.99. The molecule has 0 amide bonds. The number of halogens is 1. The Kier molecular flexibility index (Phi) is 2.75. The van der Waals surface area contributed by atoms with Gasteiger partial charge in [-0.05, 0) is 32.0 Å². The summed E-state index contributed by atoms with van der Waals surface area (Å²) < 4.78 is 0. The molecule has 0 aliphatic rings. The van der Waals surface area contributed by atoms with Crippen LogP contribution in [-0.4, -0.2) is 15.0 Å². The molecule has 5 heteroatoms. The van der Waals surface area contributed by atoms with Crippen molar-refractivity contribution in [1.29, 1.82) is 0 Å². The monoisotopic (exact) mass is 234 g/mol. The van der Waals surface area contributed by atoms with Crippen LogP contribution < -0.4 is 5.73 Å². The van der Waals surface area contributed by atoms with Gasteiger partial charge in [0, 0.05) is 11.3 Å². The molecule has 2 aromatic rings. The Labute approximate surface area is 98.5 Å². The molecule has 0 bridgehead atoms. The van der Waals surface area contributed by atoms with Crippen molar-refractivity contribution in [2.45, 2.75) is 13.8 Å². The van der Waals surface area contributed by atoms with Gasteiger partial charge in [0.1, 0.15) is 11.6 Å². The fourth-order valence-electron chi connectivity index (χ4n) is 1.45. The number of nitrogen functional groups attached to an aromatic ring is 1. The summed E-state index contributed by atoms with van der Waals surface area (Å²) >= 11 is 6.09. The van der Waals surface area contributed by atoms with Gasteiger partial charge in [0.25, 0.3) is 0 Å². The van der Waals surface area contributed by atoms with Crippen molar-refractivity contribution in [2.75, 3.05) is 5.73 Å². The fourth-order valence-corrected chi connectivity index (χ4v) is 1.72. The van der Waals surface area contributed by atoms with Crippen LogP contribution in [0.5, 0.6) is 0 Å². The summed E-state index contributed by atoms with van der Waals surface area (Å²) in [5.41, 5.74) is 7.02. The minimum absolute atomic E-state index is 0.546. The summed E-state index contributed by atoms with van der Waals surface area (Å²) in [5, 5.41) is 0.546. The van der Waals surface area contributed by atoms with E-state index in [-0.39, 0.29) is 0 Å². The van der Waals surface area contributed by atoms with Gasteiger partial charge in [-0.25, -0.2) is 15.0 Å². The molecule has 1 heterocycles. The third-order valence-electron chi connectivity index (χ3n) is 2.09. The molecule has 0 fully saturated rings. The first-order valence-electron chi connectivity index (χ1n) is 4.81. The smallest absolute Gasteiger partial charge is 0.164 e. The zero-order valence-corrected chi connectivity index (χ0v) is 9.78. The largest absolute Gasteiger partial charge is 0.399 e. The molecule has 0 aliphatic heterocycles. The first-order valence-corrected chi connectivity index (χ1v) is 5.19. The highest BCUT2D eigenvalue weighted by molar-refractivity contribution is 6.33. The lowest BCUT2D eigenvalue weighted by Gasteiger charge is -2.05. The first-order chi connectivity index (χ1) is 7.56. The second-order valence-electron chi connectivity index (χ2n) is 3.49. The number of anilines is 1. The summed E-state index contributed by atoms with van der Waals surface area (Å²) in [5.74, 6) is 1.93. The van der Waals surface area contributed by atoms with Crippen LogP contribution in [0.15, 0.2) is 18.2 Å². The molecule has 1 aromatic carbocycles. The summed E-state index contributed by atoms with van der Waals surface area (Å²) in [6.07, 6.45) is 0. The van der Waals surface area contributed by atoms with E-state index in [1.807, 2.05) is 19.9 Å². The molecule has 2 rings (SSSR count). The van der Waals surface area contributed by atoms with Crippen molar-refractivity contribution >= 4 is 17.3 Å². The van der Waals surface area contributed by atoms with E-state index in [0.29, 0.717) is 28.2 Å². The normalized spacial score (nSPS) is 10.4. The molecule has 0 radical (unpaired) electrons. The fraction of sp³-hybridized carbons (Fsp3) is 0.182. The maximum Gasteiger partial charge on any atom is 0.164 e. The van der Waals surface area contributed by atoms with Crippen molar-refractivity contribution in [3.05, 3.63) is 34.9 Å². The number of hydrogen-bond acceptors (Lipinski definition) is 4.